The summed E-state index contributed by atoms with van der Waals surface area (Å²) in [5.41, 5.74) is 0.738. The molecule has 0 radical (unpaired) electrons. The third-order valence-corrected chi connectivity index (χ3v) is 5.48. The molecule has 4 atom stereocenters. The summed E-state index contributed by atoms with van der Waals surface area (Å²) in [5.74, 6) is 0.215. The largest absolute Gasteiger partial charge is 0.274 e. The molecule has 3 nitrogen and oxygen atoms in total. The lowest BCUT2D eigenvalue weighted by Crippen LogP contribution is -2.33. The number of benzene rings is 2. The van der Waals surface area contributed by atoms with Crippen LogP contribution in [0, 0.1) is 23.7 Å². The van der Waals surface area contributed by atoms with E-state index >= 15 is 0 Å². The van der Waals surface area contributed by atoms with Crippen molar-refractivity contribution in [1.29, 1.82) is 0 Å². The Hall–Kier alpha value is -2.42. The van der Waals surface area contributed by atoms with Crippen molar-refractivity contribution >= 4 is 28.3 Å². The van der Waals surface area contributed by atoms with Gasteiger partial charge in [0, 0.05) is 5.39 Å². The number of carbonyl (C=O) groups is 2. The van der Waals surface area contributed by atoms with Crippen molar-refractivity contribution in [3.8, 4) is 0 Å². The van der Waals surface area contributed by atoms with Crippen molar-refractivity contribution in [2.75, 3.05) is 4.90 Å². The second-order valence-electron chi connectivity index (χ2n) is 6.51. The third kappa shape index (κ3) is 1.36. The minimum Gasteiger partial charge on any atom is -0.274 e. The summed E-state index contributed by atoms with van der Waals surface area (Å²) >= 11 is 0. The fourth-order valence-electron chi connectivity index (χ4n) is 4.54. The Morgan fingerprint density at radius 1 is 0.818 bits per heavy atom. The molecule has 3 heteroatoms. The van der Waals surface area contributed by atoms with E-state index in [2.05, 4.69) is 12.2 Å². The van der Waals surface area contributed by atoms with Crippen LogP contribution in [0.15, 0.2) is 54.6 Å². The molecule has 108 valence electrons. The van der Waals surface area contributed by atoms with Gasteiger partial charge in [0.1, 0.15) is 0 Å². The Kier molecular flexibility index (Phi) is 2.25. The minimum absolute atomic E-state index is 0.0109. The van der Waals surface area contributed by atoms with E-state index in [-0.39, 0.29) is 35.5 Å². The number of carbonyl (C=O) groups excluding carboxylic acids is 2. The second-order valence-corrected chi connectivity index (χ2v) is 6.51. The Labute approximate surface area is 128 Å². The average Bonchev–Trinajstić information content (AvgIpc) is 3.21. The minimum atomic E-state index is -0.138. The SMILES string of the molecule is O=C1[C@@H]2[C@@H](C(=O)N1c1cccc3ccccc13)[C@@H]1C=C[C@@H]2C1. The van der Waals surface area contributed by atoms with Gasteiger partial charge >= 0.3 is 0 Å². The van der Waals surface area contributed by atoms with Gasteiger partial charge in [-0.05, 0) is 29.7 Å². The van der Waals surface area contributed by atoms with Crippen LogP contribution in [0.25, 0.3) is 10.8 Å². The van der Waals surface area contributed by atoms with Gasteiger partial charge in [-0.25, -0.2) is 4.90 Å². The molecule has 3 aliphatic rings. The van der Waals surface area contributed by atoms with Gasteiger partial charge in [-0.3, -0.25) is 9.59 Å². The molecule has 2 amide bonds. The molecule has 1 heterocycles. The summed E-state index contributed by atoms with van der Waals surface area (Å²) in [6.07, 6.45) is 5.23. The smallest absolute Gasteiger partial charge is 0.238 e. The van der Waals surface area contributed by atoms with Crippen LogP contribution in [0.4, 0.5) is 5.69 Å². The molecule has 5 rings (SSSR count). The fraction of sp³-hybridized carbons (Fsp3) is 0.263. The first-order chi connectivity index (χ1) is 10.8. The van der Waals surface area contributed by atoms with E-state index < -0.39 is 0 Å². The van der Waals surface area contributed by atoms with Crippen LogP contribution in [-0.4, -0.2) is 11.8 Å². The maximum absolute atomic E-state index is 12.9. The van der Waals surface area contributed by atoms with Gasteiger partial charge in [0.2, 0.25) is 11.8 Å². The van der Waals surface area contributed by atoms with Gasteiger partial charge in [-0.2, -0.15) is 0 Å². The van der Waals surface area contributed by atoms with Gasteiger partial charge in [0.05, 0.1) is 17.5 Å². The number of allylic oxidation sites excluding steroid dienone is 2. The summed E-state index contributed by atoms with van der Waals surface area (Å²) in [6, 6.07) is 13.7. The number of rotatable bonds is 1. The Morgan fingerprint density at radius 2 is 1.45 bits per heavy atom. The standard InChI is InChI=1S/C19H15NO2/c21-18-16-12-8-9-13(10-12)17(16)19(22)20(18)15-7-3-5-11-4-1-2-6-14(11)15/h1-9,12-13,16-17H,10H2/t12-,13-,16+,17+/m1/s1. The molecule has 2 aromatic carbocycles. The summed E-state index contributed by atoms with van der Waals surface area (Å²) in [6.45, 7) is 0. The molecule has 2 fully saturated rings. The molecule has 2 aliphatic carbocycles. The molecule has 0 aromatic heterocycles. The van der Waals surface area contributed by atoms with E-state index in [1.54, 1.807) is 0 Å². The summed E-state index contributed by atoms with van der Waals surface area (Å²) in [4.78, 5) is 27.3. The molecule has 1 saturated heterocycles. The molecule has 1 saturated carbocycles. The highest BCUT2D eigenvalue weighted by molar-refractivity contribution is 6.25. The Bertz CT molecular complexity index is 818. The van der Waals surface area contributed by atoms with Crippen LogP contribution in [0.1, 0.15) is 6.42 Å². The fourth-order valence-corrected chi connectivity index (χ4v) is 4.54. The number of hydrogen-bond donors (Lipinski definition) is 0. The van der Waals surface area contributed by atoms with E-state index in [1.165, 1.54) is 4.90 Å². The maximum atomic E-state index is 12.9. The van der Waals surface area contributed by atoms with Gasteiger partial charge in [0.15, 0.2) is 0 Å². The normalized spacial score (nSPS) is 32.3. The first-order valence-electron chi connectivity index (χ1n) is 7.79. The quantitative estimate of drug-likeness (QED) is 0.597. The van der Waals surface area contributed by atoms with Crippen LogP contribution in [0.3, 0.4) is 0 Å². The molecule has 0 unspecified atom stereocenters. The molecule has 2 aromatic rings. The second kappa shape index (κ2) is 4.07. The first-order valence-corrected chi connectivity index (χ1v) is 7.79. The molecule has 2 bridgehead atoms. The maximum Gasteiger partial charge on any atom is 0.238 e. The number of anilines is 1. The molecule has 0 N–H and O–H groups in total. The molecule has 22 heavy (non-hydrogen) atoms. The lowest BCUT2D eigenvalue weighted by Gasteiger charge is -2.19. The Morgan fingerprint density at radius 3 is 2.18 bits per heavy atom. The highest BCUT2D eigenvalue weighted by Crippen LogP contribution is 2.53. The zero-order chi connectivity index (χ0) is 14.8. The molecular formula is C19H15NO2. The van der Waals surface area contributed by atoms with Crippen LogP contribution < -0.4 is 4.90 Å². The van der Waals surface area contributed by atoms with Crippen LogP contribution in [-0.2, 0) is 9.59 Å². The predicted octanol–water partition coefficient (Wildman–Crippen LogP) is 3.15. The van der Waals surface area contributed by atoms with Gasteiger partial charge in [-0.1, -0.05) is 48.6 Å². The van der Waals surface area contributed by atoms with E-state index in [4.69, 9.17) is 0 Å². The highest BCUT2D eigenvalue weighted by atomic mass is 16.2. The topological polar surface area (TPSA) is 37.4 Å². The van der Waals surface area contributed by atoms with Crippen LogP contribution in [0.2, 0.25) is 0 Å². The van der Waals surface area contributed by atoms with E-state index in [0.29, 0.717) is 0 Å². The third-order valence-electron chi connectivity index (χ3n) is 5.48. The zero-order valence-corrected chi connectivity index (χ0v) is 12.0. The Balaban J connectivity index is 1.67. The average molecular weight is 289 g/mol. The van der Waals surface area contributed by atoms with E-state index in [1.807, 2.05) is 42.5 Å². The number of amides is 2. The number of hydrogen-bond acceptors (Lipinski definition) is 2. The predicted molar refractivity (Wildman–Crippen MR) is 84.2 cm³/mol. The van der Waals surface area contributed by atoms with Crippen molar-refractivity contribution in [2.24, 2.45) is 23.7 Å². The van der Waals surface area contributed by atoms with Crippen molar-refractivity contribution in [2.45, 2.75) is 6.42 Å². The van der Waals surface area contributed by atoms with Gasteiger partial charge in [-0.15, -0.1) is 0 Å². The molecule has 0 spiro atoms. The summed E-state index contributed by atoms with van der Waals surface area (Å²) in [7, 11) is 0. The lowest BCUT2D eigenvalue weighted by molar-refractivity contribution is -0.123. The van der Waals surface area contributed by atoms with Gasteiger partial charge < -0.3 is 0 Å². The summed E-state index contributed by atoms with van der Waals surface area (Å²) in [5, 5.41) is 2.02. The van der Waals surface area contributed by atoms with Crippen molar-refractivity contribution in [3.63, 3.8) is 0 Å². The van der Waals surface area contributed by atoms with Crippen molar-refractivity contribution in [1.82, 2.24) is 0 Å². The van der Waals surface area contributed by atoms with E-state index in [0.717, 1.165) is 22.9 Å². The lowest BCUT2D eigenvalue weighted by atomic mass is 9.85. The van der Waals surface area contributed by atoms with Crippen molar-refractivity contribution < 1.29 is 9.59 Å². The molecular weight excluding hydrogens is 274 g/mol. The van der Waals surface area contributed by atoms with E-state index in [9.17, 15) is 9.59 Å². The van der Waals surface area contributed by atoms with Gasteiger partial charge in [0.25, 0.3) is 0 Å². The van der Waals surface area contributed by atoms with Crippen LogP contribution >= 0.6 is 0 Å². The van der Waals surface area contributed by atoms with Crippen LogP contribution in [0.5, 0.6) is 0 Å². The number of imide groups is 1. The number of nitrogens with zero attached hydrogens (tertiary/aromatic N) is 1. The molecule has 1 aliphatic heterocycles. The highest BCUT2D eigenvalue weighted by Gasteiger charge is 2.59. The summed E-state index contributed by atoms with van der Waals surface area (Å²) < 4.78 is 0. The zero-order valence-electron chi connectivity index (χ0n) is 12.0. The monoisotopic (exact) mass is 289 g/mol. The number of fused-ring (bicyclic) bond motifs is 6. The van der Waals surface area contributed by atoms with Crippen molar-refractivity contribution in [3.05, 3.63) is 54.6 Å². The first kappa shape index (κ1) is 12.2.